The van der Waals surface area contributed by atoms with Crippen LogP contribution in [0, 0.1) is 6.92 Å². The van der Waals surface area contributed by atoms with Gasteiger partial charge in [0.1, 0.15) is 6.33 Å². The van der Waals surface area contributed by atoms with Crippen LogP contribution in [-0.4, -0.2) is 29.4 Å². The predicted molar refractivity (Wildman–Crippen MR) is 101 cm³/mol. The van der Waals surface area contributed by atoms with Crippen LogP contribution in [-0.2, 0) is 0 Å². The first-order valence-electron chi connectivity index (χ1n) is 8.11. The van der Waals surface area contributed by atoms with Crippen LogP contribution in [0.4, 0.5) is 0 Å². The van der Waals surface area contributed by atoms with Gasteiger partial charge in [-0.3, -0.25) is 4.40 Å². The Kier molecular flexibility index (Phi) is 3.26. The minimum Gasteiger partial charge on any atom is -0.265 e. The van der Waals surface area contributed by atoms with Crippen LogP contribution in [0.15, 0.2) is 61.1 Å². The monoisotopic (exact) mass is 360 g/mol. The summed E-state index contributed by atoms with van der Waals surface area (Å²) in [5.41, 5.74) is 4.53. The van der Waals surface area contributed by atoms with Gasteiger partial charge in [-0.15, -0.1) is 10.2 Å². The second-order valence-corrected chi connectivity index (χ2v) is 6.54. The molecule has 3 aromatic heterocycles. The summed E-state index contributed by atoms with van der Waals surface area (Å²) in [5, 5.41) is 14.7. The lowest BCUT2D eigenvalue weighted by Gasteiger charge is -2.04. The van der Waals surface area contributed by atoms with Crippen molar-refractivity contribution in [3.8, 4) is 17.1 Å². The van der Waals surface area contributed by atoms with Crippen LogP contribution in [0.2, 0.25) is 5.02 Å². The number of halogens is 1. The second-order valence-electron chi connectivity index (χ2n) is 6.10. The summed E-state index contributed by atoms with van der Waals surface area (Å²) in [6.07, 6.45) is 3.51. The molecule has 0 unspecified atom stereocenters. The van der Waals surface area contributed by atoms with Gasteiger partial charge in [0.15, 0.2) is 17.1 Å². The molecule has 2 aromatic carbocycles. The summed E-state index contributed by atoms with van der Waals surface area (Å²) in [6, 6.07) is 15.6. The minimum absolute atomic E-state index is 0.683. The second kappa shape index (κ2) is 5.64. The molecular formula is C19H13ClN6. The van der Waals surface area contributed by atoms with E-state index in [-0.39, 0.29) is 0 Å². The standard InChI is InChI=1S/C19H13ClN6/c1-12-3-2-4-15(9-12)26-18-16(10-22-26)19-24-23-17(25(19)11-21-18)13-5-7-14(20)8-6-13/h2-11H,1H3. The SMILES string of the molecule is Cc1cccc(-n2ncc3c2ncn2c(-c4ccc(Cl)cc4)nnc32)c1. The summed E-state index contributed by atoms with van der Waals surface area (Å²) >= 11 is 5.98. The molecule has 5 rings (SSSR count). The zero-order chi connectivity index (χ0) is 17.7. The zero-order valence-electron chi connectivity index (χ0n) is 13.8. The number of fused-ring (bicyclic) bond motifs is 3. The average molecular weight is 361 g/mol. The van der Waals surface area contributed by atoms with E-state index in [2.05, 4.69) is 39.3 Å². The van der Waals surface area contributed by atoms with Crippen LogP contribution >= 0.6 is 11.6 Å². The van der Waals surface area contributed by atoms with Gasteiger partial charge in [0, 0.05) is 10.6 Å². The summed E-state index contributed by atoms with van der Waals surface area (Å²) in [7, 11) is 0. The first kappa shape index (κ1) is 15.0. The van der Waals surface area contributed by atoms with E-state index in [1.54, 1.807) is 12.5 Å². The van der Waals surface area contributed by atoms with Crippen molar-refractivity contribution in [1.82, 2.24) is 29.4 Å². The van der Waals surface area contributed by atoms with Gasteiger partial charge in [0.05, 0.1) is 17.3 Å². The van der Waals surface area contributed by atoms with Gasteiger partial charge in [0.2, 0.25) is 0 Å². The van der Waals surface area contributed by atoms with E-state index >= 15 is 0 Å². The molecule has 126 valence electrons. The molecule has 0 fully saturated rings. The molecule has 0 N–H and O–H groups in total. The van der Waals surface area contributed by atoms with Crippen molar-refractivity contribution in [2.24, 2.45) is 0 Å². The molecule has 0 aliphatic heterocycles. The van der Waals surface area contributed by atoms with Crippen molar-refractivity contribution in [1.29, 1.82) is 0 Å². The molecular weight excluding hydrogens is 348 g/mol. The van der Waals surface area contributed by atoms with Crippen LogP contribution in [0.3, 0.4) is 0 Å². The molecule has 0 saturated carbocycles. The molecule has 0 atom stereocenters. The van der Waals surface area contributed by atoms with E-state index in [1.807, 2.05) is 45.5 Å². The lowest BCUT2D eigenvalue weighted by atomic mass is 10.2. The summed E-state index contributed by atoms with van der Waals surface area (Å²) in [6.45, 7) is 2.05. The number of benzene rings is 2. The number of aromatic nitrogens is 6. The first-order chi connectivity index (χ1) is 12.7. The van der Waals surface area contributed by atoms with Gasteiger partial charge in [-0.05, 0) is 48.9 Å². The predicted octanol–water partition coefficient (Wildman–Crippen LogP) is 4.09. The molecule has 26 heavy (non-hydrogen) atoms. The molecule has 0 spiro atoms. The maximum Gasteiger partial charge on any atom is 0.175 e. The maximum absolute atomic E-state index is 5.98. The molecule has 0 aliphatic rings. The fourth-order valence-corrected chi connectivity index (χ4v) is 3.19. The third-order valence-electron chi connectivity index (χ3n) is 4.32. The topological polar surface area (TPSA) is 60.9 Å². The largest absolute Gasteiger partial charge is 0.265 e. The number of hydrogen-bond donors (Lipinski definition) is 0. The first-order valence-corrected chi connectivity index (χ1v) is 8.49. The highest BCUT2D eigenvalue weighted by molar-refractivity contribution is 6.30. The third-order valence-corrected chi connectivity index (χ3v) is 4.58. The van der Waals surface area contributed by atoms with Gasteiger partial charge in [-0.1, -0.05) is 23.7 Å². The Hall–Kier alpha value is -3.25. The molecule has 5 aromatic rings. The van der Waals surface area contributed by atoms with E-state index < -0.39 is 0 Å². The van der Waals surface area contributed by atoms with Gasteiger partial charge >= 0.3 is 0 Å². The molecule has 7 heteroatoms. The van der Waals surface area contributed by atoms with E-state index in [1.165, 1.54) is 5.56 Å². The highest BCUT2D eigenvalue weighted by Crippen LogP contribution is 2.25. The van der Waals surface area contributed by atoms with Crippen molar-refractivity contribution in [3.63, 3.8) is 0 Å². The normalized spacial score (nSPS) is 11.5. The maximum atomic E-state index is 5.98. The van der Waals surface area contributed by atoms with Crippen molar-refractivity contribution in [3.05, 3.63) is 71.6 Å². The minimum atomic E-state index is 0.683. The lowest BCUT2D eigenvalue weighted by Crippen LogP contribution is -1.99. The van der Waals surface area contributed by atoms with Gasteiger partial charge in [-0.25, -0.2) is 9.67 Å². The smallest absolute Gasteiger partial charge is 0.175 e. The number of rotatable bonds is 2. The number of hydrogen-bond acceptors (Lipinski definition) is 4. The highest BCUT2D eigenvalue weighted by atomic mass is 35.5. The Morgan fingerprint density at radius 1 is 0.962 bits per heavy atom. The van der Waals surface area contributed by atoms with Crippen molar-refractivity contribution < 1.29 is 0 Å². The fraction of sp³-hybridized carbons (Fsp3) is 0.0526. The van der Waals surface area contributed by atoms with Crippen LogP contribution in [0.25, 0.3) is 33.8 Å². The zero-order valence-corrected chi connectivity index (χ0v) is 14.6. The van der Waals surface area contributed by atoms with Crippen molar-refractivity contribution in [2.75, 3.05) is 0 Å². The molecule has 0 radical (unpaired) electrons. The van der Waals surface area contributed by atoms with E-state index in [4.69, 9.17) is 11.6 Å². The van der Waals surface area contributed by atoms with Crippen molar-refractivity contribution >= 4 is 28.3 Å². The van der Waals surface area contributed by atoms with Crippen LogP contribution < -0.4 is 0 Å². The Morgan fingerprint density at radius 3 is 2.62 bits per heavy atom. The lowest BCUT2D eigenvalue weighted by molar-refractivity contribution is 0.892. The quantitative estimate of drug-likeness (QED) is 0.475. The van der Waals surface area contributed by atoms with Gasteiger partial charge in [0.25, 0.3) is 0 Å². The summed E-state index contributed by atoms with van der Waals surface area (Å²) in [4.78, 5) is 4.61. The van der Waals surface area contributed by atoms with E-state index in [0.717, 1.165) is 33.8 Å². The molecule has 0 bridgehead atoms. The van der Waals surface area contributed by atoms with Crippen molar-refractivity contribution in [2.45, 2.75) is 6.92 Å². The summed E-state index contributed by atoms with van der Waals surface area (Å²) < 4.78 is 3.69. The average Bonchev–Trinajstić information content (AvgIpc) is 3.26. The van der Waals surface area contributed by atoms with E-state index in [9.17, 15) is 0 Å². The molecule has 0 amide bonds. The molecule has 6 nitrogen and oxygen atoms in total. The van der Waals surface area contributed by atoms with Gasteiger partial charge in [-0.2, -0.15) is 5.10 Å². The molecule has 0 saturated heterocycles. The van der Waals surface area contributed by atoms with Crippen LogP contribution in [0.1, 0.15) is 5.56 Å². The fourth-order valence-electron chi connectivity index (χ4n) is 3.07. The number of nitrogens with zero attached hydrogens (tertiary/aromatic N) is 6. The third kappa shape index (κ3) is 2.27. The Balaban J connectivity index is 1.71. The highest BCUT2D eigenvalue weighted by Gasteiger charge is 2.15. The number of aryl methyl sites for hydroxylation is 1. The Bertz CT molecular complexity index is 1250. The summed E-state index contributed by atoms with van der Waals surface area (Å²) in [5.74, 6) is 0.717. The van der Waals surface area contributed by atoms with E-state index in [0.29, 0.717) is 5.02 Å². The Labute approximate surface area is 153 Å². The van der Waals surface area contributed by atoms with Crippen LogP contribution in [0.5, 0.6) is 0 Å². The molecule has 3 heterocycles. The van der Waals surface area contributed by atoms with Gasteiger partial charge < -0.3 is 0 Å². The Morgan fingerprint density at radius 2 is 1.81 bits per heavy atom. The molecule has 0 aliphatic carbocycles.